The van der Waals surface area contributed by atoms with Crippen LogP contribution in [0.25, 0.3) is 0 Å². The van der Waals surface area contributed by atoms with E-state index < -0.39 is 6.04 Å². The van der Waals surface area contributed by atoms with Gasteiger partial charge >= 0.3 is 0 Å². The molecule has 3 rings (SSSR count). The van der Waals surface area contributed by atoms with Crippen LogP contribution in [-0.2, 0) is 4.79 Å². The normalized spacial score (nSPS) is 16.2. The Morgan fingerprint density at radius 2 is 1.84 bits per heavy atom. The number of hydrogen-bond acceptors (Lipinski definition) is 3. The fourth-order valence-electron chi connectivity index (χ4n) is 3.29. The molecule has 1 heterocycles. The highest BCUT2D eigenvalue weighted by Crippen LogP contribution is 2.23. The van der Waals surface area contributed by atoms with Crippen LogP contribution >= 0.6 is 11.3 Å². The minimum Gasteiger partial charge on any atom is -0.351 e. The molecule has 1 atom stereocenters. The van der Waals surface area contributed by atoms with Crippen molar-refractivity contribution in [1.29, 1.82) is 0 Å². The summed E-state index contributed by atoms with van der Waals surface area (Å²) in [6.45, 7) is 1.90. The number of amides is 2. The number of carbonyl (C=O) groups is 2. The van der Waals surface area contributed by atoms with Crippen molar-refractivity contribution in [3.63, 3.8) is 0 Å². The third-order valence-corrected chi connectivity index (χ3v) is 5.64. The molecular weight excluding hydrogens is 332 g/mol. The molecule has 0 radical (unpaired) electrons. The summed E-state index contributed by atoms with van der Waals surface area (Å²) < 4.78 is 0. The van der Waals surface area contributed by atoms with Gasteiger partial charge in [0.05, 0.1) is 0 Å². The molecule has 1 saturated carbocycles. The lowest BCUT2D eigenvalue weighted by Crippen LogP contribution is -2.44. The number of benzene rings is 1. The van der Waals surface area contributed by atoms with E-state index in [1.54, 1.807) is 6.07 Å². The van der Waals surface area contributed by atoms with E-state index in [0.717, 1.165) is 36.1 Å². The van der Waals surface area contributed by atoms with Crippen LogP contribution in [-0.4, -0.2) is 17.9 Å². The van der Waals surface area contributed by atoms with Gasteiger partial charge in [0, 0.05) is 16.5 Å². The van der Waals surface area contributed by atoms with Crippen molar-refractivity contribution < 1.29 is 9.59 Å². The first-order valence-corrected chi connectivity index (χ1v) is 9.73. The van der Waals surface area contributed by atoms with Crippen molar-refractivity contribution in [2.45, 2.75) is 51.1 Å². The summed E-state index contributed by atoms with van der Waals surface area (Å²) in [5, 5.41) is 7.98. The van der Waals surface area contributed by atoms with Gasteiger partial charge in [0.25, 0.3) is 5.91 Å². The second-order valence-corrected chi connectivity index (χ2v) is 7.56. The molecule has 2 aromatic rings. The molecule has 2 amide bonds. The van der Waals surface area contributed by atoms with Crippen LogP contribution in [0.4, 0.5) is 0 Å². The van der Waals surface area contributed by atoms with Crippen LogP contribution in [0.15, 0.2) is 41.8 Å². The zero-order valence-corrected chi connectivity index (χ0v) is 15.3. The Labute approximate surface area is 152 Å². The molecule has 2 N–H and O–H groups in total. The molecule has 0 spiro atoms. The summed E-state index contributed by atoms with van der Waals surface area (Å²) in [5.41, 5.74) is 1.51. The Morgan fingerprint density at radius 1 is 1.08 bits per heavy atom. The van der Waals surface area contributed by atoms with Crippen molar-refractivity contribution in [3.05, 3.63) is 57.8 Å². The predicted octanol–water partition coefficient (Wildman–Crippen LogP) is 3.98. The van der Waals surface area contributed by atoms with Gasteiger partial charge in [-0.15, -0.1) is 11.3 Å². The number of rotatable bonds is 5. The number of hydrogen-bond donors (Lipinski definition) is 2. The van der Waals surface area contributed by atoms with Gasteiger partial charge in [-0.2, -0.15) is 0 Å². The Bertz CT molecular complexity index is 721. The minimum atomic E-state index is -0.644. The molecule has 132 valence electrons. The highest BCUT2D eigenvalue weighted by Gasteiger charge is 2.27. The van der Waals surface area contributed by atoms with Crippen LogP contribution in [0, 0.1) is 6.92 Å². The first kappa shape index (κ1) is 17.7. The Balaban J connectivity index is 1.74. The average Bonchev–Trinajstić information content (AvgIpc) is 3.15. The fourth-order valence-corrected chi connectivity index (χ4v) is 4.06. The predicted molar refractivity (Wildman–Crippen MR) is 101 cm³/mol. The first-order chi connectivity index (χ1) is 12.1. The molecule has 0 aliphatic heterocycles. The van der Waals surface area contributed by atoms with E-state index >= 15 is 0 Å². The van der Waals surface area contributed by atoms with Crippen LogP contribution < -0.4 is 10.6 Å². The maximum atomic E-state index is 12.8. The maximum absolute atomic E-state index is 12.8. The van der Waals surface area contributed by atoms with Crippen molar-refractivity contribution in [1.82, 2.24) is 10.6 Å². The Hall–Kier alpha value is -2.14. The third kappa shape index (κ3) is 4.48. The topological polar surface area (TPSA) is 58.2 Å². The average molecular weight is 356 g/mol. The minimum absolute atomic E-state index is 0.115. The second kappa shape index (κ2) is 8.30. The van der Waals surface area contributed by atoms with Gasteiger partial charge in [-0.25, -0.2) is 0 Å². The zero-order valence-electron chi connectivity index (χ0n) is 14.5. The van der Waals surface area contributed by atoms with Crippen LogP contribution in [0.3, 0.4) is 0 Å². The lowest BCUT2D eigenvalue weighted by molar-refractivity contribution is -0.124. The summed E-state index contributed by atoms with van der Waals surface area (Å²) >= 11 is 1.49. The Morgan fingerprint density at radius 3 is 2.52 bits per heavy atom. The molecule has 1 aromatic carbocycles. The summed E-state index contributed by atoms with van der Waals surface area (Å²) in [4.78, 5) is 26.4. The quantitative estimate of drug-likeness (QED) is 0.851. The van der Waals surface area contributed by atoms with Crippen LogP contribution in [0.1, 0.15) is 58.9 Å². The molecule has 1 fully saturated rings. The molecule has 5 heteroatoms. The summed E-state index contributed by atoms with van der Waals surface area (Å²) in [7, 11) is 0. The second-order valence-electron chi connectivity index (χ2n) is 6.58. The lowest BCUT2D eigenvalue weighted by atomic mass is 9.95. The van der Waals surface area contributed by atoms with Crippen LogP contribution in [0.2, 0.25) is 0 Å². The number of aryl methyl sites for hydroxylation is 1. The molecule has 4 nitrogen and oxygen atoms in total. The van der Waals surface area contributed by atoms with Crippen LogP contribution in [0.5, 0.6) is 0 Å². The van der Waals surface area contributed by atoms with Crippen molar-refractivity contribution >= 4 is 23.2 Å². The highest BCUT2D eigenvalue weighted by molar-refractivity contribution is 7.10. The van der Waals surface area contributed by atoms with Gasteiger partial charge in [0.2, 0.25) is 5.91 Å². The van der Waals surface area contributed by atoms with E-state index in [-0.39, 0.29) is 17.9 Å². The van der Waals surface area contributed by atoms with E-state index in [1.165, 1.54) is 17.8 Å². The summed E-state index contributed by atoms with van der Waals surface area (Å²) in [6, 6.07) is 10.8. The highest BCUT2D eigenvalue weighted by atomic mass is 32.1. The fraction of sp³-hybridized carbons (Fsp3) is 0.400. The monoisotopic (exact) mass is 356 g/mol. The molecule has 25 heavy (non-hydrogen) atoms. The smallest absolute Gasteiger partial charge is 0.252 e. The molecule has 1 unspecified atom stereocenters. The standard InChI is InChI=1S/C20H24N2O2S/c1-14-8-5-6-11-16(14)19(23)22-18(17-12-7-13-25-17)20(24)21-15-9-3-2-4-10-15/h5-8,11-13,15,18H,2-4,9-10H2,1H3,(H,21,24)(H,22,23). The molecular formula is C20H24N2O2S. The van der Waals surface area contributed by atoms with E-state index in [4.69, 9.17) is 0 Å². The van der Waals surface area contributed by atoms with Crippen molar-refractivity contribution in [2.75, 3.05) is 0 Å². The zero-order chi connectivity index (χ0) is 17.6. The molecule has 1 aromatic heterocycles. The third-order valence-electron chi connectivity index (χ3n) is 4.71. The van der Waals surface area contributed by atoms with Gasteiger partial charge in [-0.1, -0.05) is 43.5 Å². The number of carbonyl (C=O) groups excluding carboxylic acids is 2. The molecule has 1 aliphatic rings. The van der Waals surface area contributed by atoms with Gasteiger partial charge in [0.15, 0.2) is 0 Å². The largest absolute Gasteiger partial charge is 0.351 e. The van der Waals surface area contributed by atoms with E-state index in [2.05, 4.69) is 10.6 Å². The lowest BCUT2D eigenvalue weighted by Gasteiger charge is -2.25. The first-order valence-electron chi connectivity index (χ1n) is 8.85. The maximum Gasteiger partial charge on any atom is 0.252 e. The van der Waals surface area contributed by atoms with E-state index in [1.807, 2.05) is 42.6 Å². The molecule has 0 bridgehead atoms. The SMILES string of the molecule is Cc1ccccc1C(=O)NC(C(=O)NC1CCCCC1)c1cccs1. The molecule has 0 saturated heterocycles. The van der Waals surface area contributed by atoms with E-state index in [9.17, 15) is 9.59 Å². The number of nitrogens with one attached hydrogen (secondary N) is 2. The van der Waals surface area contributed by atoms with E-state index in [0.29, 0.717) is 5.56 Å². The van der Waals surface area contributed by atoms with Crippen molar-refractivity contribution in [3.8, 4) is 0 Å². The summed E-state index contributed by atoms with van der Waals surface area (Å²) in [5.74, 6) is -0.327. The van der Waals surface area contributed by atoms with Gasteiger partial charge in [0.1, 0.15) is 6.04 Å². The van der Waals surface area contributed by atoms with Gasteiger partial charge < -0.3 is 10.6 Å². The van der Waals surface area contributed by atoms with Crippen molar-refractivity contribution in [2.24, 2.45) is 0 Å². The van der Waals surface area contributed by atoms with Gasteiger partial charge in [-0.3, -0.25) is 9.59 Å². The Kier molecular flexibility index (Phi) is 5.87. The van der Waals surface area contributed by atoms with Gasteiger partial charge in [-0.05, 0) is 42.8 Å². The number of thiophene rings is 1. The molecule has 1 aliphatic carbocycles. The summed E-state index contributed by atoms with van der Waals surface area (Å²) in [6.07, 6.45) is 5.60.